The van der Waals surface area contributed by atoms with Crippen molar-refractivity contribution < 1.29 is 0 Å². The lowest BCUT2D eigenvalue weighted by Crippen LogP contribution is -1.89. The lowest BCUT2D eigenvalue weighted by atomic mass is 10.7. The molecule has 0 saturated carbocycles. The second-order valence-corrected chi connectivity index (χ2v) is 2.63. The van der Waals surface area contributed by atoms with Crippen molar-refractivity contribution in [3.63, 3.8) is 0 Å². The van der Waals surface area contributed by atoms with Crippen LogP contribution in [0.3, 0.4) is 0 Å². The van der Waals surface area contributed by atoms with Gasteiger partial charge >= 0.3 is 0 Å². The molecule has 0 fully saturated rings. The van der Waals surface area contributed by atoms with Crippen LogP contribution in [-0.4, -0.2) is 21.0 Å². The van der Waals surface area contributed by atoms with Gasteiger partial charge in [-0.25, -0.2) is 4.98 Å². The first-order valence-electron chi connectivity index (χ1n) is 2.66. The van der Waals surface area contributed by atoms with Crippen molar-refractivity contribution in [2.24, 2.45) is 7.05 Å². The zero-order valence-corrected chi connectivity index (χ0v) is 6.35. The molecular formula is C5H9N3S. The Morgan fingerprint density at radius 3 is 3.00 bits per heavy atom. The highest BCUT2D eigenvalue weighted by Crippen LogP contribution is 2.00. The summed E-state index contributed by atoms with van der Waals surface area (Å²) in [5.74, 6) is 1.81. The fourth-order valence-corrected chi connectivity index (χ4v) is 0.970. The summed E-state index contributed by atoms with van der Waals surface area (Å²) >= 11 is 1.73. The highest BCUT2D eigenvalue weighted by Gasteiger charge is 1.93. The molecule has 1 aromatic rings. The van der Waals surface area contributed by atoms with Gasteiger partial charge in [0.2, 0.25) is 0 Å². The summed E-state index contributed by atoms with van der Waals surface area (Å²) in [6, 6.07) is 0. The quantitative estimate of drug-likeness (QED) is 0.610. The topological polar surface area (TPSA) is 30.7 Å². The van der Waals surface area contributed by atoms with Gasteiger partial charge in [-0.15, -0.1) is 0 Å². The van der Waals surface area contributed by atoms with Crippen molar-refractivity contribution in [2.45, 2.75) is 5.75 Å². The van der Waals surface area contributed by atoms with Crippen LogP contribution in [-0.2, 0) is 12.8 Å². The van der Waals surface area contributed by atoms with Crippen LogP contribution in [0.5, 0.6) is 0 Å². The summed E-state index contributed by atoms with van der Waals surface area (Å²) in [5.41, 5.74) is 0. The lowest BCUT2D eigenvalue weighted by Gasteiger charge is -1.85. The van der Waals surface area contributed by atoms with Gasteiger partial charge in [0.15, 0.2) is 5.82 Å². The van der Waals surface area contributed by atoms with Crippen LogP contribution >= 0.6 is 11.8 Å². The van der Waals surface area contributed by atoms with Crippen LogP contribution in [0.2, 0.25) is 0 Å². The van der Waals surface area contributed by atoms with E-state index in [-0.39, 0.29) is 0 Å². The minimum absolute atomic E-state index is 0.904. The zero-order valence-electron chi connectivity index (χ0n) is 5.53. The van der Waals surface area contributed by atoms with Gasteiger partial charge in [-0.2, -0.15) is 16.9 Å². The first-order valence-corrected chi connectivity index (χ1v) is 4.06. The van der Waals surface area contributed by atoms with Crippen LogP contribution in [0.15, 0.2) is 6.33 Å². The van der Waals surface area contributed by atoms with Crippen LogP contribution in [0.1, 0.15) is 5.82 Å². The van der Waals surface area contributed by atoms with Gasteiger partial charge in [-0.1, -0.05) is 0 Å². The van der Waals surface area contributed by atoms with Gasteiger partial charge in [-0.05, 0) is 6.26 Å². The molecule has 0 saturated heterocycles. The molecule has 0 spiro atoms. The van der Waals surface area contributed by atoms with E-state index >= 15 is 0 Å². The first kappa shape index (κ1) is 6.61. The summed E-state index contributed by atoms with van der Waals surface area (Å²) < 4.78 is 1.71. The van der Waals surface area contributed by atoms with Crippen molar-refractivity contribution in [2.75, 3.05) is 6.26 Å². The standard InChI is InChI=1S/C5H9N3S/c1-8-4-6-5(7-8)3-9-2/h4H,3H2,1-2H3. The van der Waals surface area contributed by atoms with Crippen molar-refractivity contribution >= 4 is 11.8 Å². The monoisotopic (exact) mass is 143 g/mol. The molecule has 1 heterocycles. The predicted octanol–water partition coefficient (Wildman–Crippen LogP) is 0.678. The Kier molecular flexibility index (Phi) is 2.10. The average molecular weight is 143 g/mol. The van der Waals surface area contributed by atoms with Crippen LogP contribution < -0.4 is 0 Å². The fourth-order valence-electron chi connectivity index (χ4n) is 0.579. The summed E-state index contributed by atoms with van der Waals surface area (Å²) in [4.78, 5) is 4.04. The third-order valence-corrected chi connectivity index (χ3v) is 1.47. The number of aromatic nitrogens is 3. The average Bonchev–Trinajstić information content (AvgIpc) is 2.17. The van der Waals surface area contributed by atoms with Crippen molar-refractivity contribution in [3.8, 4) is 0 Å². The summed E-state index contributed by atoms with van der Waals surface area (Å²) in [5, 5.41) is 4.09. The molecule has 0 aliphatic heterocycles. The smallest absolute Gasteiger partial charge is 0.160 e. The first-order chi connectivity index (χ1) is 4.33. The second kappa shape index (κ2) is 2.87. The number of rotatable bonds is 2. The molecule has 0 radical (unpaired) electrons. The molecule has 0 atom stereocenters. The SMILES string of the molecule is CSCc1ncn(C)n1. The molecule has 0 aliphatic carbocycles. The molecule has 0 unspecified atom stereocenters. The largest absolute Gasteiger partial charge is 0.256 e. The maximum absolute atomic E-state index is 4.09. The number of hydrogen-bond donors (Lipinski definition) is 0. The van der Waals surface area contributed by atoms with Gasteiger partial charge in [-0.3, -0.25) is 4.68 Å². The van der Waals surface area contributed by atoms with E-state index in [1.807, 2.05) is 13.3 Å². The van der Waals surface area contributed by atoms with E-state index in [0.717, 1.165) is 11.6 Å². The Balaban J connectivity index is 2.61. The minimum Gasteiger partial charge on any atom is -0.256 e. The van der Waals surface area contributed by atoms with E-state index in [0.29, 0.717) is 0 Å². The molecule has 4 heteroatoms. The Bertz CT molecular complexity index is 184. The molecule has 50 valence electrons. The zero-order chi connectivity index (χ0) is 6.69. The number of hydrogen-bond acceptors (Lipinski definition) is 3. The van der Waals surface area contributed by atoms with Gasteiger partial charge in [0, 0.05) is 7.05 Å². The molecule has 0 bridgehead atoms. The van der Waals surface area contributed by atoms with E-state index in [4.69, 9.17) is 0 Å². The molecule has 0 amide bonds. The van der Waals surface area contributed by atoms with Crippen LogP contribution in [0, 0.1) is 0 Å². The number of thioether (sulfide) groups is 1. The molecular weight excluding hydrogens is 134 g/mol. The molecule has 1 aromatic heterocycles. The van der Waals surface area contributed by atoms with Crippen molar-refractivity contribution in [3.05, 3.63) is 12.2 Å². The van der Waals surface area contributed by atoms with Crippen LogP contribution in [0.4, 0.5) is 0 Å². The van der Waals surface area contributed by atoms with Crippen molar-refractivity contribution in [1.29, 1.82) is 0 Å². The van der Waals surface area contributed by atoms with Gasteiger partial charge in [0.1, 0.15) is 6.33 Å². The molecule has 0 N–H and O–H groups in total. The lowest BCUT2D eigenvalue weighted by molar-refractivity contribution is 0.754. The van der Waals surface area contributed by atoms with E-state index in [9.17, 15) is 0 Å². The Labute approximate surface area is 58.5 Å². The van der Waals surface area contributed by atoms with Gasteiger partial charge in [0.05, 0.1) is 5.75 Å². The Morgan fingerprint density at radius 2 is 2.56 bits per heavy atom. The van der Waals surface area contributed by atoms with Crippen molar-refractivity contribution in [1.82, 2.24) is 14.8 Å². The van der Waals surface area contributed by atoms with E-state index in [1.54, 1.807) is 22.8 Å². The van der Waals surface area contributed by atoms with E-state index < -0.39 is 0 Å². The van der Waals surface area contributed by atoms with Gasteiger partial charge in [0.25, 0.3) is 0 Å². The second-order valence-electron chi connectivity index (χ2n) is 1.77. The van der Waals surface area contributed by atoms with Gasteiger partial charge < -0.3 is 0 Å². The third-order valence-electron chi connectivity index (χ3n) is 0.920. The summed E-state index contributed by atoms with van der Waals surface area (Å²) in [6.07, 6.45) is 3.75. The van der Waals surface area contributed by atoms with E-state index in [2.05, 4.69) is 10.1 Å². The highest BCUT2D eigenvalue weighted by atomic mass is 32.2. The van der Waals surface area contributed by atoms with E-state index in [1.165, 1.54) is 0 Å². The summed E-state index contributed by atoms with van der Waals surface area (Å²) in [6.45, 7) is 0. The molecule has 3 nitrogen and oxygen atoms in total. The number of nitrogens with zero attached hydrogens (tertiary/aromatic N) is 3. The molecule has 0 aliphatic rings. The number of aryl methyl sites for hydroxylation is 1. The predicted molar refractivity (Wildman–Crippen MR) is 38.2 cm³/mol. The highest BCUT2D eigenvalue weighted by molar-refractivity contribution is 7.97. The third kappa shape index (κ3) is 1.71. The maximum atomic E-state index is 4.09. The fraction of sp³-hybridized carbons (Fsp3) is 0.600. The molecule has 1 rings (SSSR count). The Hall–Kier alpha value is -0.510. The molecule has 0 aromatic carbocycles. The normalized spacial score (nSPS) is 10.0. The maximum Gasteiger partial charge on any atom is 0.160 e. The van der Waals surface area contributed by atoms with Crippen LogP contribution in [0.25, 0.3) is 0 Å². The minimum atomic E-state index is 0.904. The Morgan fingerprint density at radius 1 is 1.78 bits per heavy atom. The summed E-state index contributed by atoms with van der Waals surface area (Å²) in [7, 11) is 1.87. The molecule has 9 heavy (non-hydrogen) atoms.